The standard InChI is InChI=1S/C29H22F2N2O5S2/c1-14(16-6-4-3-5-7-16)37-28(36)32-25-15(2)38-33-26(25)18-11-19(30)17(10-20(18)31)21-12-22-23(39-21)13-24(40-22)29(8-9-29)27(34)35/h3-7,10-14H,8-9H2,1-2H3,(H,32,36)(H,34,35)/t14-/m1/s1. The second-order valence-corrected chi connectivity index (χ2v) is 11.9. The van der Waals surface area contributed by atoms with Crippen molar-refractivity contribution in [3.8, 4) is 21.7 Å². The number of halogens is 2. The van der Waals surface area contributed by atoms with E-state index in [-0.39, 0.29) is 28.3 Å². The number of hydrogen-bond donors (Lipinski definition) is 2. The number of carbonyl (C=O) groups excluding carboxylic acids is 1. The molecule has 0 spiro atoms. The lowest BCUT2D eigenvalue weighted by molar-refractivity contribution is -0.139. The lowest BCUT2D eigenvalue weighted by Gasteiger charge is -2.14. The molecule has 0 bridgehead atoms. The van der Waals surface area contributed by atoms with Crippen molar-refractivity contribution in [3.05, 3.63) is 82.4 Å². The number of rotatable bonds is 7. The van der Waals surface area contributed by atoms with E-state index in [1.54, 1.807) is 13.0 Å². The van der Waals surface area contributed by atoms with Crippen molar-refractivity contribution in [2.75, 3.05) is 5.32 Å². The van der Waals surface area contributed by atoms with Gasteiger partial charge in [0.15, 0.2) is 5.76 Å². The molecule has 0 saturated heterocycles. The van der Waals surface area contributed by atoms with E-state index < -0.39 is 35.2 Å². The van der Waals surface area contributed by atoms with Crippen LogP contribution >= 0.6 is 22.7 Å². The number of nitrogens with zero attached hydrogens (tertiary/aromatic N) is 1. The number of hydrogen-bond acceptors (Lipinski definition) is 7. The number of carboxylic acids is 1. The summed E-state index contributed by atoms with van der Waals surface area (Å²) in [7, 11) is 0. The van der Waals surface area contributed by atoms with Crippen molar-refractivity contribution < 1.29 is 32.7 Å². The van der Waals surface area contributed by atoms with Crippen LogP contribution in [0.2, 0.25) is 0 Å². The Hall–Kier alpha value is -4.09. The number of nitrogens with one attached hydrogen (secondary N) is 1. The molecule has 2 N–H and O–H groups in total. The molecule has 2 aromatic carbocycles. The highest BCUT2D eigenvalue weighted by molar-refractivity contribution is 7.29. The van der Waals surface area contributed by atoms with Gasteiger partial charge in [0.2, 0.25) is 0 Å². The van der Waals surface area contributed by atoms with Crippen molar-refractivity contribution >= 4 is 49.8 Å². The third-order valence-electron chi connectivity index (χ3n) is 7.06. The largest absolute Gasteiger partial charge is 0.481 e. The Morgan fingerprint density at radius 1 is 1.05 bits per heavy atom. The zero-order valence-electron chi connectivity index (χ0n) is 21.3. The minimum absolute atomic E-state index is 0.0648. The van der Waals surface area contributed by atoms with Gasteiger partial charge in [-0.3, -0.25) is 10.1 Å². The molecule has 3 aromatic heterocycles. The minimum atomic E-state index is -0.832. The van der Waals surface area contributed by atoms with E-state index in [9.17, 15) is 14.7 Å². The van der Waals surface area contributed by atoms with E-state index in [0.29, 0.717) is 17.7 Å². The summed E-state index contributed by atoms with van der Waals surface area (Å²) in [6.07, 6.45) is -0.136. The molecule has 7 nitrogen and oxygen atoms in total. The molecule has 5 aromatic rings. The summed E-state index contributed by atoms with van der Waals surface area (Å²) in [6.45, 7) is 3.26. The Labute approximate surface area is 235 Å². The molecule has 3 heterocycles. The van der Waals surface area contributed by atoms with Gasteiger partial charge in [-0.05, 0) is 56.5 Å². The van der Waals surface area contributed by atoms with Crippen LogP contribution in [0, 0.1) is 18.6 Å². The van der Waals surface area contributed by atoms with Crippen LogP contribution in [-0.4, -0.2) is 22.3 Å². The van der Waals surface area contributed by atoms with E-state index in [1.807, 2.05) is 36.4 Å². The third kappa shape index (κ3) is 4.54. The van der Waals surface area contributed by atoms with Crippen LogP contribution in [-0.2, 0) is 14.9 Å². The summed E-state index contributed by atoms with van der Waals surface area (Å²) < 4.78 is 43.1. The number of aromatic nitrogens is 1. The van der Waals surface area contributed by atoms with Crippen molar-refractivity contribution in [3.63, 3.8) is 0 Å². The van der Waals surface area contributed by atoms with Gasteiger partial charge in [0, 0.05) is 30.3 Å². The summed E-state index contributed by atoms with van der Waals surface area (Å²) in [6, 6.07) is 14.9. The maximum Gasteiger partial charge on any atom is 0.412 e. The number of ether oxygens (including phenoxy) is 1. The number of carbonyl (C=O) groups is 2. The number of aliphatic carboxylic acids is 1. The van der Waals surface area contributed by atoms with Crippen molar-refractivity contribution in [2.45, 2.75) is 38.2 Å². The molecule has 1 aliphatic carbocycles. The zero-order chi connectivity index (χ0) is 28.2. The monoisotopic (exact) mass is 580 g/mol. The molecule has 0 unspecified atom stereocenters. The average molecular weight is 581 g/mol. The highest BCUT2D eigenvalue weighted by atomic mass is 32.1. The predicted octanol–water partition coefficient (Wildman–Crippen LogP) is 8.30. The Kier molecular flexibility index (Phi) is 6.42. The molecule has 40 heavy (non-hydrogen) atoms. The number of aryl methyl sites for hydroxylation is 1. The van der Waals surface area contributed by atoms with Crippen LogP contribution < -0.4 is 5.32 Å². The van der Waals surface area contributed by atoms with Gasteiger partial charge in [-0.2, -0.15) is 0 Å². The molecule has 0 radical (unpaired) electrons. The molecule has 1 atom stereocenters. The predicted molar refractivity (Wildman–Crippen MR) is 149 cm³/mol. The van der Waals surface area contributed by atoms with Gasteiger partial charge in [0.25, 0.3) is 0 Å². The Bertz CT molecular complexity index is 1740. The van der Waals surface area contributed by atoms with Crippen molar-refractivity contribution in [2.24, 2.45) is 0 Å². The molecule has 1 fully saturated rings. The highest BCUT2D eigenvalue weighted by Gasteiger charge is 2.53. The summed E-state index contributed by atoms with van der Waals surface area (Å²) in [5.41, 5.74) is -0.112. The van der Waals surface area contributed by atoms with Gasteiger partial charge >= 0.3 is 12.1 Å². The fourth-order valence-electron chi connectivity index (χ4n) is 4.60. The van der Waals surface area contributed by atoms with E-state index in [0.717, 1.165) is 32.0 Å². The second-order valence-electron chi connectivity index (χ2n) is 9.69. The first-order valence-corrected chi connectivity index (χ1v) is 14.1. The maximum absolute atomic E-state index is 15.4. The second kappa shape index (κ2) is 9.83. The fraction of sp³-hybridized carbons (Fsp3) is 0.207. The van der Waals surface area contributed by atoms with Crippen LogP contribution in [0.4, 0.5) is 19.3 Å². The van der Waals surface area contributed by atoms with Crippen LogP contribution in [0.3, 0.4) is 0 Å². The number of amides is 1. The van der Waals surface area contributed by atoms with Gasteiger partial charge in [0.05, 0.1) is 0 Å². The number of carboxylic acid groups (broad SMARTS) is 1. The number of fused-ring (bicyclic) bond motifs is 1. The highest BCUT2D eigenvalue weighted by Crippen LogP contribution is 2.53. The lowest BCUT2D eigenvalue weighted by atomic mass is 10.0. The molecule has 1 amide bonds. The molecule has 1 aliphatic rings. The summed E-state index contributed by atoms with van der Waals surface area (Å²) in [5.74, 6) is -2.06. The topological polar surface area (TPSA) is 102 Å². The molecule has 0 aliphatic heterocycles. The van der Waals surface area contributed by atoms with Crippen LogP contribution in [0.15, 0.2) is 59.1 Å². The van der Waals surface area contributed by atoms with E-state index in [4.69, 9.17) is 9.26 Å². The van der Waals surface area contributed by atoms with Gasteiger partial charge in [-0.15, -0.1) is 22.7 Å². The summed E-state index contributed by atoms with van der Waals surface area (Å²) in [5, 5.41) is 16.0. The third-order valence-corrected chi connectivity index (χ3v) is 9.59. The summed E-state index contributed by atoms with van der Waals surface area (Å²) in [4.78, 5) is 25.6. The molecular weight excluding hydrogens is 558 g/mol. The van der Waals surface area contributed by atoms with Crippen LogP contribution in [0.25, 0.3) is 31.1 Å². The molecule has 6 rings (SSSR count). The maximum atomic E-state index is 15.4. The normalized spacial score (nSPS) is 14.7. The van der Waals surface area contributed by atoms with Crippen LogP contribution in [0.1, 0.15) is 42.1 Å². The summed E-state index contributed by atoms with van der Waals surface area (Å²) >= 11 is 2.65. The average Bonchev–Trinajstić information content (AvgIpc) is 3.34. The zero-order valence-corrected chi connectivity index (χ0v) is 22.9. The van der Waals surface area contributed by atoms with E-state index in [2.05, 4.69) is 10.5 Å². The van der Waals surface area contributed by atoms with Crippen molar-refractivity contribution in [1.82, 2.24) is 5.16 Å². The minimum Gasteiger partial charge on any atom is -0.481 e. The molecule has 204 valence electrons. The Balaban J connectivity index is 1.26. The van der Waals surface area contributed by atoms with Gasteiger partial charge < -0.3 is 14.4 Å². The Morgan fingerprint density at radius 3 is 2.40 bits per heavy atom. The fourth-order valence-corrected chi connectivity index (χ4v) is 7.25. The number of benzene rings is 2. The molecular formula is C29H22F2N2O5S2. The van der Waals surface area contributed by atoms with Gasteiger partial charge in [-0.25, -0.2) is 13.6 Å². The first-order valence-electron chi connectivity index (χ1n) is 12.4. The van der Waals surface area contributed by atoms with Crippen molar-refractivity contribution in [1.29, 1.82) is 0 Å². The first-order chi connectivity index (χ1) is 19.2. The smallest absolute Gasteiger partial charge is 0.412 e. The molecule has 1 saturated carbocycles. The van der Waals surface area contributed by atoms with Gasteiger partial charge in [-0.1, -0.05) is 35.5 Å². The number of anilines is 1. The SMILES string of the molecule is Cc1onc(-c2cc(F)c(-c3cc4sc(C5(C(=O)O)CC5)cc4s3)cc2F)c1NC(=O)O[C@H](C)c1ccccc1. The first kappa shape index (κ1) is 26.1. The lowest BCUT2D eigenvalue weighted by Crippen LogP contribution is -2.17. The van der Waals surface area contributed by atoms with Crippen LogP contribution in [0.5, 0.6) is 0 Å². The number of thiophene rings is 2. The Morgan fingerprint density at radius 2 is 1.73 bits per heavy atom. The van der Waals surface area contributed by atoms with Gasteiger partial charge in [0.1, 0.15) is 34.5 Å². The molecule has 11 heteroatoms. The quantitative estimate of drug-likeness (QED) is 0.201. The van der Waals surface area contributed by atoms with E-state index >= 15 is 8.78 Å². The van der Waals surface area contributed by atoms with E-state index in [1.165, 1.54) is 29.6 Å².